The second kappa shape index (κ2) is 5.72. The maximum absolute atomic E-state index is 12.8. The minimum atomic E-state index is -4.55. The number of nitrogens with zero attached hydrogens (tertiary/aromatic N) is 3. The van der Waals surface area contributed by atoms with Crippen LogP contribution in [0.4, 0.5) is 19.0 Å². The van der Waals surface area contributed by atoms with Crippen molar-refractivity contribution < 1.29 is 18.0 Å². The predicted molar refractivity (Wildman–Crippen MR) is 69.6 cm³/mol. The highest BCUT2D eigenvalue weighted by Crippen LogP contribution is 2.32. The maximum Gasteiger partial charge on any atom is 0.433 e. The van der Waals surface area contributed by atoms with Crippen molar-refractivity contribution in [2.45, 2.75) is 37.9 Å². The van der Waals surface area contributed by atoms with Gasteiger partial charge in [0.25, 0.3) is 0 Å². The van der Waals surface area contributed by atoms with Crippen molar-refractivity contribution >= 4 is 11.6 Å². The first-order chi connectivity index (χ1) is 9.82. The average Bonchev–Trinajstić information content (AvgIpc) is 2.45. The van der Waals surface area contributed by atoms with Gasteiger partial charge in [0.15, 0.2) is 0 Å². The number of carbonyl (C=O) groups is 1. The molecular weight excluding hydrogens is 283 g/mol. The van der Waals surface area contributed by atoms with Crippen LogP contribution < -0.4 is 4.90 Å². The Bertz CT molecular complexity index is 582. The van der Waals surface area contributed by atoms with Gasteiger partial charge in [-0.1, -0.05) is 0 Å². The fraction of sp³-hybridized carbons (Fsp3) is 0.500. The van der Waals surface area contributed by atoms with Crippen LogP contribution in [0.25, 0.3) is 0 Å². The molecule has 1 heterocycles. The van der Waals surface area contributed by atoms with Crippen molar-refractivity contribution in [2.75, 3.05) is 11.9 Å². The van der Waals surface area contributed by atoms with Gasteiger partial charge in [-0.3, -0.25) is 4.79 Å². The highest BCUT2D eigenvalue weighted by atomic mass is 19.4. The van der Waals surface area contributed by atoms with Gasteiger partial charge in [0, 0.05) is 25.9 Å². The summed E-state index contributed by atoms with van der Waals surface area (Å²) in [5.41, 5.74) is -0.919. The van der Waals surface area contributed by atoms with E-state index in [-0.39, 0.29) is 23.2 Å². The molecule has 1 aliphatic rings. The van der Waals surface area contributed by atoms with E-state index in [0.29, 0.717) is 25.7 Å². The van der Waals surface area contributed by atoms with E-state index in [0.717, 1.165) is 12.1 Å². The van der Waals surface area contributed by atoms with E-state index >= 15 is 0 Å². The first-order valence-electron chi connectivity index (χ1n) is 6.56. The zero-order chi connectivity index (χ0) is 15.6. The molecule has 0 aromatic carbocycles. The number of aromatic nitrogens is 1. The smallest absolute Gasteiger partial charge is 0.356 e. The lowest BCUT2D eigenvalue weighted by molar-refractivity contribution is -0.141. The number of carbonyl (C=O) groups excluding carboxylic acids is 1. The monoisotopic (exact) mass is 297 g/mol. The topological polar surface area (TPSA) is 57.0 Å². The van der Waals surface area contributed by atoms with Crippen molar-refractivity contribution in [3.05, 3.63) is 23.4 Å². The molecule has 21 heavy (non-hydrogen) atoms. The summed E-state index contributed by atoms with van der Waals surface area (Å²) in [7, 11) is 1.61. The van der Waals surface area contributed by atoms with Gasteiger partial charge in [0.1, 0.15) is 23.4 Å². The summed E-state index contributed by atoms with van der Waals surface area (Å²) in [5.74, 6) is 0.184. The van der Waals surface area contributed by atoms with E-state index in [1.54, 1.807) is 11.9 Å². The van der Waals surface area contributed by atoms with Gasteiger partial charge in [-0.05, 0) is 25.0 Å². The van der Waals surface area contributed by atoms with Gasteiger partial charge < -0.3 is 4.90 Å². The molecule has 0 radical (unpaired) electrons. The van der Waals surface area contributed by atoms with Crippen LogP contribution in [-0.2, 0) is 11.0 Å². The summed E-state index contributed by atoms with van der Waals surface area (Å²) in [6.45, 7) is 0. The molecule has 0 N–H and O–H groups in total. The van der Waals surface area contributed by atoms with Crippen LogP contribution in [0, 0.1) is 11.3 Å². The molecule has 0 bridgehead atoms. The third-order valence-electron chi connectivity index (χ3n) is 3.68. The summed E-state index contributed by atoms with van der Waals surface area (Å²) in [6.07, 6.45) is -2.59. The molecule has 1 fully saturated rings. The molecule has 0 spiro atoms. The third-order valence-corrected chi connectivity index (χ3v) is 3.68. The fourth-order valence-corrected chi connectivity index (χ4v) is 2.45. The zero-order valence-corrected chi connectivity index (χ0v) is 11.4. The van der Waals surface area contributed by atoms with Crippen LogP contribution in [0.3, 0.4) is 0 Å². The molecule has 1 saturated carbocycles. The average molecular weight is 297 g/mol. The summed E-state index contributed by atoms with van der Waals surface area (Å²) < 4.78 is 38.3. The van der Waals surface area contributed by atoms with Crippen molar-refractivity contribution in [2.24, 2.45) is 0 Å². The Morgan fingerprint density at radius 1 is 1.33 bits per heavy atom. The molecule has 1 aromatic heterocycles. The Morgan fingerprint density at radius 3 is 2.48 bits per heavy atom. The van der Waals surface area contributed by atoms with Gasteiger partial charge in [-0.15, -0.1) is 0 Å². The summed E-state index contributed by atoms with van der Waals surface area (Å²) >= 11 is 0. The molecule has 1 aromatic rings. The lowest BCUT2D eigenvalue weighted by atomic mass is 9.93. The molecule has 7 heteroatoms. The van der Waals surface area contributed by atoms with Crippen LogP contribution in [0.15, 0.2) is 12.1 Å². The Labute approximate surface area is 120 Å². The van der Waals surface area contributed by atoms with E-state index in [2.05, 4.69) is 4.98 Å². The number of nitriles is 1. The van der Waals surface area contributed by atoms with Crippen LogP contribution in [-0.4, -0.2) is 23.9 Å². The molecular formula is C14H14F3N3O. The number of pyridine rings is 1. The van der Waals surface area contributed by atoms with Gasteiger partial charge >= 0.3 is 6.18 Å². The van der Waals surface area contributed by atoms with Crippen molar-refractivity contribution in [1.29, 1.82) is 5.26 Å². The number of halogens is 3. The number of hydrogen-bond donors (Lipinski definition) is 0. The highest BCUT2D eigenvalue weighted by Gasteiger charge is 2.34. The molecule has 2 rings (SSSR count). The van der Waals surface area contributed by atoms with E-state index in [1.807, 2.05) is 6.07 Å². The molecule has 4 nitrogen and oxygen atoms in total. The first-order valence-corrected chi connectivity index (χ1v) is 6.56. The number of Topliss-reactive ketones (excluding diaryl/α,β-unsaturated/α-hetero) is 1. The molecule has 0 unspecified atom stereocenters. The molecule has 0 saturated heterocycles. The number of rotatable bonds is 2. The molecule has 0 atom stereocenters. The third kappa shape index (κ3) is 3.32. The van der Waals surface area contributed by atoms with Crippen LogP contribution >= 0.6 is 0 Å². The second-order valence-electron chi connectivity index (χ2n) is 5.06. The normalized spacial score (nSPS) is 16.6. The molecule has 0 aliphatic heterocycles. The SMILES string of the molecule is CN(c1nc(C(F)(F)F)ccc1C#N)C1CCC(=O)CC1. The number of hydrogen-bond acceptors (Lipinski definition) is 4. The van der Waals surface area contributed by atoms with Crippen molar-refractivity contribution in [3.8, 4) is 6.07 Å². The van der Waals surface area contributed by atoms with Crippen LogP contribution in [0.2, 0.25) is 0 Å². The van der Waals surface area contributed by atoms with E-state index in [9.17, 15) is 18.0 Å². The summed E-state index contributed by atoms with van der Waals surface area (Å²) in [6, 6.07) is 3.73. The number of ketones is 1. The summed E-state index contributed by atoms with van der Waals surface area (Å²) in [5, 5.41) is 9.05. The van der Waals surface area contributed by atoms with Crippen LogP contribution in [0.1, 0.15) is 36.9 Å². The van der Waals surface area contributed by atoms with Crippen molar-refractivity contribution in [3.63, 3.8) is 0 Å². The summed E-state index contributed by atoms with van der Waals surface area (Å²) in [4.78, 5) is 16.4. The number of alkyl halides is 3. The Morgan fingerprint density at radius 2 is 1.95 bits per heavy atom. The Hall–Kier alpha value is -2.10. The molecule has 0 amide bonds. The second-order valence-corrected chi connectivity index (χ2v) is 5.06. The molecule has 1 aliphatic carbocycles. The van der Waals surface area contributed by atoms with Gasteiger partial charge in [-0.2, -0.15) is 18.4 Å². The first kappa shape index (κ1) is 15.3. The minimum Gasteiger partial charge on any atom is -0.356 e. The predicted octanol–water partition coefficient (Wildman–Crippen LogP) is 2.92. The van der Waals surface area contributed by atoms with Crippen molar-refractivity contribution in [1.82, 2.24) is 4.98 Å². The maximum atomic E-state index is 12.8. The standard InChI is InChI=1S/C14H14F3N3O/c1-20(10-3-5-11(21)6-4-10)13-9(8-18)2-7-12(19-13)14(15,16)17/h2,7,10H,3-6H2,1H3. The Kier molecular flexibility index (Phi) is 4.16. The van der Waals surface area contributed by atoms with E-state index < -0.39 is 11.9 Å². The van der Waals surface area contributed by atoms with E-state index in [4.69, 9.17) is 5.26 Å². The zero-order valence-electron chi connectivity index (χ0n) is 11.4. The largest absolute Gasteiger partial charge is 0.433 e. The van der Waals surface area contributed by atoms with Gasteiger partial charge in [0.05, 0.1) is 5.56 Å². The number of anilines is 1. The lowest BCUT2D eigenvalue weighted by Crippen LogP contribution is -2.36. The minimum absolute atomic E-state index is 0.0201. The van der Waals surface area contributed by atoms with Gasteiger partial charge in [0.2, 0.25) is 0 Å². The molecule has 112 valence electrons. The van der Waals surface area contributed by atoms with E-state index in [1.165, 1.54) is 0 Å². The fourth-order valence-electron chi connectivity index (χ4n) is 2.45. The highest BCUT2D eigenvalue weighted by molar-refractivity contribution is 5.79. The van der Waals surface area contributed by atoms with Gasteiger partial charge in [-0.25, -0.2) is 4.98 Å². The van der Waals surface area contributed by atoms with Crippen LogP contribution in [0.5, 0.6) is 0 Å². The Balaban J connectivity index is 2.32. The quantitative estimate of drug-likeness (QED) is 0.842. The lowest BCUT2D eigenvalue weighted by Gasteiger charge is -2.32.